The molecule has 0 aliphatic carbocycles. The quantitative estimate of drug-likeness (QED) is 0.794. The van der Waals surface area contributed by atoms with Gasteiger partial charge in [-0.05, 0) is 37.0 Å². The Morgan fingerprint density at radius 2 is 2.00 bits per heavy atom. The van der Waals surface area contributed by atoms with Crippen LogP contribution in [0.1, 0.15) is 25.8 Å². The molecule has 0 unspecified atom stereocenters. The molecule has 0 aliphatic rings. The third kappa shape index (κ3) is 4.65. The van der Waals surface area contributed by atoms with Crippen LogP contribution in [0, 0.1) is 12.8 Å². The molecule has 0 fully saturated rings. The molecular formula is C12H20N2O2S. The first-order chi connectivity index (χ1) is 7.80. The van der Waals surface area contributed by atoms with Crippen LogP contribution in [0.25, 0.3) is 0 Å². The number of hydrogen-bond acceptors (Lipinski definition) is 3. The molecule has 1 rings (SSSR count). The zero-order chi connectivity index (χ0) is 13.1. The molecule has 0 aliphatic heterocycles. The molecule has 0 atom stereocenters. The summed E-state index contributed by atoms with van der Waals surface area (Å²) in [7, 11) is -3.27. The van der Waals surface area contributed by atoms with Crippen LogP contribution in [-0.4, -0.2) is 14.2 Å². The zero-order valence-electron chi connectivity index (χ0n) is 10.5. The highest BCUT2D eigenvalue weighted by molar-refractivity contribution is 7.92. The molecule has 96 valence electrons. The van der Waals surface area contributed by atoms with Crippen molar-refractivity contribution in [1.82, 2.24) is 0 Å². The van der Waals surface area contributed by atoms with Crippen LogP contribution in [-0.2, 0) is 10.0 Å². The van der Waals surface area contributed by atoms with Crippen LogP contribution in [0.5, 0.6) is 0 Å². The maximum atomic E-state index is 11.8. The number of sulfonamides is 1. The normalized spacial score (nSPS) is 11.8. The largest absolute Gasteiger partial charge is 0.399 e. The van der Waals surface area contributed by atoms with Crippen LogP contribution in [0.4, 0.5) is 11.4 Å². The second-order valence-corrected chi connectivity index (χ2v) is 6.52. The summed E-state index contributed by atoms with van der Waals surface area (Å²) in [4.78, 5) is 0. The summed E-state index contributed by atoms with van der Waals surface area (Å²) in [6, 6.07) is 5.19. The minimum Gasteiger partial charge on any atom is -0.399 e. The van der Waals surface area contributed by atoms with E-state index < -0.39 is 10.0 Å². The molecule has 0 amide bonds. The van der Waals surface area contributed by atoms with Crippen LogP contribution in [0.15, 0.2) is 18.2 Å². The van der Waals surface area contributed by atoms with E-state index in [1.807, 2.05) is 20.8 Å². The van der Waals surface area contributed by atoms with E-state index in [1.165, 1.54) is 0 Å². The number of benzene rings is 1. The van der Waals surface area contributed by atoms with E-state index >= 15 is 0 Å². The number of nitrogen functional groups attached to an aromatic ring is 1. The second kappa shape index (κ2) is 5.40. The van der Waals surface area contributed by atoms with Crippen LogP contribution in [0.2, 0.25) is 0 Å². The summed E-state index contributed by atoms with van der Waals surface area (Å²) >= 11 is 0. The van der Waals surface area contributed by atoms with E-state index in [1.54, 1.807) is 18.2 Å². The Bertz CT molecular complexity index is 481. The van der Waals surface area contributed by atoms with Gasteiger partial charge in [-0.2, -0.15) is 0 Å². The van der Waals surface area contributed by atoms with Gasteiger partial charge in [-0.15, -0.1) is 0 Å². The van der Waals surface area contributed by atoms with Crippen LogP contribution < -0.4 is 10.5 Å². The van der Waals surface area contributed by atoms with Crippen molar-refractivity contribution in [3.63, 3.8) is 0 Å². The van der Waals surface area contributed by atoms with E-state index in [0.29, 0.717) is 23.7 Å². The lowest BCUT2D eigenvalue weighted by molar-refractivity contribution is 0.578. The van der Waals surface area contributed by atoms with E-state index in [-0.39, 0.29) is 5.75 Å². The van der Waals surface area contributed by atoms with Gasteiger partial charge in [0.25, 0.3) is 0 Å². The highest BCUT2D eigenvalue weighted by Crippen LogP contribution is 2.19. The third-order valence-corrected chi connectivity index (χ3v) is 3.80. The topological polar surface area (TPSA) is 72.2 Å². The van der Waals surface area contributed by atoms with Crippen molar-refractivity contribution in [2.45, 2.75) is 27.2 Å². The fourth-order valence-electron chi connectivity index (χ4n) is 1.36. The smallest absolute Gasteiger partial charge is 0.232 e. The van der Waals surface area contributed by atoms with Gasteiger partial charge in [0.05, 0.1) is 11.4 Å². The second-order valence-electron chi connectivity index (χ2n) is 4.68. The van der Waals surface area contributed by atoms with Gasteiger partial charge in [0, 0.05) is 5.69 Å². The Balaban J connectivity index is 2.79. The maximum Gasteiger partial charge on any atom is 0.232 e. The number of nitrogens with two attached hydrogens (primary N) is 1. The van der Waals surface area contributed by atoms with Gasteiger partial charge in [-0.1, -0.05) is 19.9 Å². The minimum absolute atomic E-state index is 0.138. The predicted molar refractivity (Wildman–Crippen MR) is 72.5 cm³/mol. The van der Waals surface area contributed by atoms with Gasteiger partial charge in [0.1, 0.15) is 0 Å². The monoisotopic (exact) mass is 256 g/mol. The Hall–Kier alpha value is -1.23. The fraction of sp³-hybridized carbons (Fsp3) is 0.500. The first kappa shape index (κ1) is 13.8. The van der Waals surface area contributed by atoms with E-state index in [2.05, 4.69) is 4.72 Å². The highest BCUT2D eigenvalue weighted by atomic mass is 32.2. The molecule has 0 radical (unpaired) electrons. The van der Waals surface area contributed by atoms with Gasteiger partial charge in [-0.25, -0.2) is 8.42 Å². The molecule has 5 heteroatoms. The molecule has 3 N–H and O–H groups in total. The molecule has 0 heterocycles. The number of rotatable bonds is 5. The molecule has 0 spiro atoms. The molecular weight excluding hydrogens is 236 g/mol. The van der Waals surface area contributed by atoms with Crippen molar-refractivity contribution in [3.8, 4) is 0 Å². The Morgan fingerprint density at radius 1 is 1.35 bits per heavy atom. The van der Waals surface area contributed by atoms with Gasteiger partial charge in [0.2, 0.25) is 10.0 Å². The van der Waals surface area contributed by atoms with Gasteiger partial charge in [-0.3, -0.25) is 4.72 Å². The standard InChI is InChI=1S/C12H20N2O2S/c1-9(2)6-7-17(15,16)14-12-8-11(13)5-4-10(12)3/h4-5,8-9,14H,6-7,13H2,1-3H3. The maximum absolute atomic E-state index is 11.8. The van der Waals surface area contributed by atoms with Gasteiger partial charge in [0.15, 0.2) is 0 Å². The van der Waals surface area contributed by atoms with Crippen molar-refractivity contribution in [1.29, 1.82) is 0 Å². The molecule has 1 aromatic carbocycles. The summed E-state index contributed by atoms with van der Waals surface area (Å²) in [5.74, 6) is 0.507. The first-order valence-electron chi connectivity index (χ1n) is 5.67. The molecule has 1 aromatic rings. The number of nitrogens with one attached hydrogen (secondary N) is 1. The van der Waals surface area contributed by atoms with Gasteiger partial charge >= 0.3 is 0 Å². The summed E-state index contributed by atoms with van der Waals surface area (Å²) in [6.45, 7) is 5.85. The van der Waals surface area contributed by atoms with Crippen LogP contribution >= 0.6 is 0 Å². The van der Waals surface area contributed by atoms with Crippen molar-refractivity contribution in [2.75, 3.05) is 16.2 Å². The van der Waals surface area contributed by atoms with E-state index in [0.717, 1.165) is 5.56 Å². The molecule has 0 aromatic heterocycles. The van der Waals surface area contributed by atoms with E-state index in [4.69, 9.17) is 5.73 Å². The average molecular weight is 256 g/mol. The van der Waals surface area contributed by atoms with Crippen LogP contribution in [0.3, 0.4) is 0 Å². The number of aryl methyl sites for hydroxylation is 1. The predicted octanol–water partition coefficient (Wildman–Crippen LogP) is 2.37. The Labute approximate surface area is 103 Å². The SMILES string of the molecule is Cc1ccc(N)cc1NS(=O)(=O)CCC(C)C. The van der Waals surface area contributed by atoms with Crippen molar-refractivity contribution in [3.05, 3.63) is 23.8 Å². The van der Waals surface area contributed by atoms with E-state index in [9.17, 15) is 8.42 Å². The summed E-state index contributed by atoms with van der Waals surface area (Å²) in [5, 5.41) is 0. The van der Waals surface area contributed by atoms with Crippen molar-refractivity contribution in [2.24, 2.45) is 5.92 Å². The lowest BCUT2D eigenvalue weighted by Crippen LogP contribution is -2.18. The molecule has 4 nitrogen and oxygen atoms in total. The lowest BCUT2D eigenvalue weighted by Gasteiger charge is -2.12. The highest BCUT2D eigenvalue weighted by Gasteiger charge is 2.12. The Morgan fingerprint density at radius 3 is 2.59 bits per heavy atom. The molecule has 0 bridgehead atoms. The molecule has 0 saturated carbocycles. The number of anilines is 2. The fourth-order valence-corrected chi connectivity index (χ4v) is 2.80. The van der Waals surface area contributed by atoms with Crippen molar-refractivity contribution >= 4 is 21.4 Å². The third-order valence-electron chi connectivity index (χ3n) is 2.49. The van der Waals surface area contributed by atoms with Crippen molar-refractivity contribution < 1.29 is 8.42 Å². The molecule has 0 saturated heterocycles. The molecule has 17 heavy (non-hydrogen) atoms. The lowest BCUT2D eigenvalue weighted by atomic mass is 10.2. The van der Waals surface area contributed by atoms with Gasteiger partial charge < -0.3 is 5.73 Å². The summed E-state index contributed by atoms with van der Waals surface area (Å²) in [5.41, 5.74) is 7.62. The summed E-state index contributed by atoms with van der Waals surface area (Å²) < 4.78 is 26.2. The minimum atomic E-state index is -3.27. The zero-order valence-corrected chi connectivity index (χ0v) is 11.3. The first-order valence-corrected chi connectivity index (χ1v) is 7.32. The average Bonchev–Trinajstić information content (AvgIpc) is 2.20. The number of hydrogen-bond donors (Lipinski definition) is 2. The summed E-state index contributed by atoms with van der Waals surface area (Å²) in [6.07, 6.45) is 0.650. The Kier molecular flexibility index (Phi) is 4.40.